The summed E-state index contributed by atoms with van der Waals surface area (Å²) in [6.07, 6.45) is 9.67. The predicted octanol–water partition coefficient (Wildman–Crippen LogP) is 3.81. The topological polar surface area (TPSA) is 54.4 Å². The van der Waals surface area contributed by atoms with Crippen LogP contribution in [0.25, 0.3) is 0 Å². The Morgan fingerprint density at radius 2 is 1.61 bits per heavy atom. The highest BCUT2D eigenvalue weighted by Gasteiger charge is 2.34. The second-order valence-electron chi connectivity index (χ2n) is 5.47. The van der Waals surface area contributed by atoms with E-state index >= 15 is 0 Å². The van der Waals surface area contributed by atoms with Crippen molar-refractivity contribution in [1.82, 2.24) is 0 Å². The number of carbonyl (C=O) groups excluding carboxylic acids is 1. The molecule has 3 heteroatoms. The maximum absolute atomic E-state index is 12.1. The van der Waals surface area contributed by atoms with Gasteiger partial charge in [0.05, 0.1) is 5.92 Å². The molecule has 1 fully saturated rings. The summed E-state index contributed by atoms with van der Waals surface area (Å²) in [5.41, 5.74) is 0. The zero-order valence-electron chi connectivity index (χ0n) is 11.5. The van der Waals surface area contributed by atoms with Crippen LogP contribution in [0.4, 0.5) is 0 Å². The average Bonchev–Trinajstić information content (AvgIpc) is 2.38. The lowest BCUT2D eigenvalue weighted by Gasteiger charge is -2.27. The predicted molar refractivity (Wildman–Crippen MR) is 71.5 cm³/mol. The number of carboxylic acids is 1. The van der Waals surface area contributed by atoms with Gasteiger partial charge in [-0.25, -0.2) is 0 Å². The molecule has 0 aromatic heterocycles. The van der Waals surface area contributed by atoms with E-state index in [2.05, 4.69) is 6.92 Å². The molecule has 0 saturated heterocycles. The molecule has 1 aliphatic rings. The summed E-state index contributed by atoms with van der Waals surface area (Å²) in [6.45, 7) is 2.17. The Balaban J connectivity index is 2.32. The third-order valence-electron chi connectivity index (χ3n) is 4.02. The molecule has 0 aliphatic heterocycles. The van der Waals surface area contributed by atoms with E-state index < -0.39 is 11.9 Å². The molecule has 2 atom stereocenters. The standard InChI is InChI=1S/C15H26O3/c1-2-3-4-5-6-11-14(16)12-9-7-8-10-13(12)15(17)18/h12-13H,2-11H2,1H3,(H,17,18)/t12-,13-/m0/s1. The summed E-state index contributed by atoms with van der Waals surface area (Å²) >= 11 is 0. The minimum absolute atomic E-state index is 0.193. The highest BCUT2D eigenvalue weighted by atomic mass is 16.4. The van der Waals surface area contributed by atoms with Gasteiger partial charge in [-0.2, -0.15) is 0 Å². The first-order chi connectivity index (χ1) is 8.66. The molecule has 1 N–H and O–H groups in total. The number of ketones is 1. The fourth-order valence-electron chi connectivity index (χ4n) is 2.90. The van der Waals surface area contributed by atoms with Crippen molar-refractivity contribution in [3.8, 4) is 0 Å². The first-order valence-corrected chi connectivity index (χ1v) is 7.42. The number of carbonyl (C=O) groups is 2. The second-order valence-corrected chi connectivity index (χ2v) is 5.47. The van der Waals surface area contributed by atoms with Crippen molar-refractivity contribution in [2.24, 2.45) is 11.8 Å². The summed E-state index contributed by atoms with van der Waals surface area (Å²) in [5.74, 6) is -1.21. The Morgan fingerprint density at radius 1 is 1.00 bits per heavy atom. The van der Waals surface area contributed by atoms with Gasteiger partial charge in [0.25, 0.3) is 0 Å². The van der Waals surface area contributed by atoms with Crippen molar-refractivity contribution in [3.05, 3.63) is 0 Å². The lowest BCUT2D eigenvalue weighted by molar-refractivity contribution is -0.148. The van der Waals surface area contributed by atoms with Gasteiger partial charge >= 0.3 is 5.97 Å². The number of hydrogen-bond donors (Lipinski definition) is 1. The quantitative estimate of drug-likeness (QED) is 0.670. The van der Waals surface area contributed by atoms with Gasteiger partial charge in [-0.3, -0.25) is 9.59 Å². The highest BCUT2D eigenvalue weighted by molar-refractivity contribution is 5.86. The molecule has 0 heterocycles. The molecule has 0 bridgehead atoms. The van der Waals surface area contributed by atoms with E-state index in [1.54, 1.807) is 0 Å². The fraction of sp³-hybridized carbons (Fsp3) is 0.867. The van der Waals surface area contributed by atoms with Gasteiger partial charge in [0.2, 0.25) is 0 Å². The third kappa shape index (κ3) is 4.79. The van der Waals surface area contributed by atoms with Gasteiger partial charge in [-0.15, -0.1) is 0 Å². The van der Waals surface area contributed by atoms with E-state index in [0.717, 1.165) is 32.1 Å². The molecule has 0 amide bonds. The molecule has 1 saturated carbocycles. The molecule has 0 spiro atoms. The van der Waals surface area contributed by atoms with Crippen molar-refractivity contribution in [1.29, 1.82) is 0 Å². The molecule has 104 valence electrons. The first-order valence-electron chi connectivity index (χ1n) is 7.42. The van der Waals surface area contributed by atoms with E-state index in [-0.39, 0.29) is 11.7 Å². The average molecular weight is 254 g/mol. The summed E-state index contributed by atoms with van der Waals surface area (Å²) in [7, 11) is 0. The highest BCUT2D eigenvalue weighted by Crippen LogP contribution is 2.32. The smallest absolute Gasteiger partial charge is 0.307 e. The lowest BCUT2D eigenvalue weighted by Crippen LogP contribution is -2.32. The third-order valence-corrected chi connectivity index (χ3v) is 4.02. The molecule has 0 aromatic rings. The van der Waals surface area contributed by atoms with Crippen LogP contribution in [0, 0.1) is 11.8 Å². The summed E-state index contributed by atoms with van der Waals surface area (Å²) in [4.78, 5) is 23.2. The van der Waals surface area contributed by atoms with E-state index in [1.165, 1.54) is 19.3 Å². The Kier molecular flexibility index (Phi) is 6.99. The summed E-state index contributed by atoms with van der Waals surface area (Å²) in [5, 5.41) is 9.15. The van der Waals surface area contributed by atoms with Crippen LogP contribution in [-0.4, -0.2) is 16.9 Å². The van der Waals surface area contributed by atoms with Crippen molar-refractivity contribution < 1.29 is 14.7 Å². The first kappa shape index (κ1) is 15.2. The van der Waals surface area contributed by atoms with Gasteiger partial charge in [0, 0.05) is 12.3 Å². The number of unbranched alkanes of at least 4 members (excludes halogenated alkanes) is 4. The second kappa shape index (κ2) is 8.28. The molecule has 0 radical (unpaired) electrons. The van der Waals surface area contributed by atoms with Gasteiger partial charge in [-0.05, 0) is 19.3 Å². The van der Waals surface area contributed by atoms with Crippen molar-refractivity contribution in [2.75, 3.05) is 0 Å². The van der Waals surface area contributed by atoms with Gasteiger partial charge in [0.1, 0.15) is 5.78 Å². The normalized spacial score (nSPS) is 23.8. The van der Waals surface area contributed by atoms with Crippen LogP contribution >= 0.6 is 0 Å². The number of aliphatic carboxylic acids is 1. The van der Waals surface area contributed by atoms with Crippen LogP contribution in [0.3, 0.4) is 0 Å². The largest absolute Gasteiger partial charge is 0.481 e. The SMILES string of the molecule is CCCCCCCC(=O)[C@H]1CCCC[C@@H]1C(=O)O. The maximum Gasteiger partial charge on any atom is 0.307 e. The fourth-order valence-corrected chi connectivity index (χ4v) is 2.90. The molecular formula is C15H26O3. The van der Waals surface area contributed by atoms with Gasteiger partial charge < -0.3 is 5.11 Å². The number of hydrogen-bond acceptors (Lipinski definition) is 2. The van der Waals surface area contributed by atoms with Gasteiger partial charge in [-0.1, -0.05) is 45.4 Å². The Bertz CT molecular complexity index is 273. The molecule has 1 rings (SSSR count). The molecule has 0 unspecified atom stereocenters. The number of carboxylic acid groups (broad SMARTS) is 1. The van der Waals surface area contributed by atoms with Crippen molar-refractivity contribution >= 4 is 11.8 Å². The van der Waals surface area contributed by atoms with Crippen LogP contribution < -0.4 is 0 Å². The Morgan fingerprint density at radius 3 is 2.22 bits per heavy atom. The molecule has 18 heavy (non-hydrogen) atoms. The maximum atomic E-state index is 12.1. The van der Waals surface area contributed by atoms with E-state index in [0.29, 0.717) is 12.8 Å². The van der Waals surface area contributed by atoms with Crippen molar-refractivity contribution in [2.45, 2.75) is 71.1 Å². The zero-order valence-corrected chi connectivity index (χ0v) is 11.5. The minimum Gasteiger partial charge on any atom is -0.481 e. The minimum atomic E-state index is -0.779. The summed E-state index contributed by atoms with van der Waals surface area (Å²) < 4.78 is 0. The van der Waals surface area contributed by atoms with Crippen LogP contribution in [0.2, 0.25) is 0 Å². The molecule has 3 nitrogen and oxygen atoms in total. The molecule has 0 aromatic carbocycles. The van der Waals surface area contributed by atoms with Crippen LogP contribution in [0.5, 0.6) is 0 Å². The Hall–Kier alpha value is -0.860. The zero-order chi connectivity index (χ0) is 13.4. The molecular weight excluding hydrogens is 228 g/mol. The monoisotopic (exact) mass is 254 g/mol. The number of Topliss-reactive ketones (excluding diaryl/α,β-unsaturated/α-hetero) is 1. The summed E-state index contributed by atoms with van der Waals surface area (Å²) in [6, 6.07) is 0. The van der Waals surface area contributed by atoms with E-state index in [1.807, 2.05) is 0 Å². The van der Waals surface area contributed by atoms with Crippen LogP contribution in [0.15, 0.2) is 0 Å². The van der Waals surface area contributed by atoms with Gasteiger partial charge in [0.15, 0.2) is 0 Å². The lowest BCUT2D eigenvalue weighted by atomic mass is 9.76. The van der Waals surface area contributed by atoms with Crippen molar-refractivity contribution in [3.63, 3.8) is 0 Å². The van der Waals surface area contributed by atoms with Crippen LogP contribution in [0.1, 0.15) is 71.1 Å². The Labute approximate surface area is 110 Å². The number of rotatable bonds is 8. The van der Waals surface area contributed by atoms with E-state index in [9.17, 15) is 9.59 Å². The molecule has 1 aliphatic carbocycles. The van der Waals surface area contributed by atoms with Crippen LogP contribution in [-0.2, 0) is 9.59 Å². The van der Waals surface area contributed by atoms with E-state index in [4.69, 9.17) is 5.11 Å².